The summed E-state index contributed by atoms with van der Waals surface area (Å²) in [4.78, 5) is 14.6. The summed E-state index contributed by atoms with van der Waals surface area (Å²) in [6.07, 6.45) is 4.72. The molecule has 2 aromatic carbocycles. The highest BCUT2D eigenvalue weighted by Crippen LogP contribution is 2.20. The van der Waals surface area contributed by atoms with Crippen LogP contribution in [-0.2, 0) is 11.3 Å². The van der Waals surface area contributed by atoms with Gasteiger partial charge in [-0.25, -0.2) is 4.39 Å². The number of nitrogens with zero attached hydrogens (tertiary/aromatic N) is 1. The SMILES string of the molecule is O=C(C=C1CCNCC1)N[C@@H]1CCN(Cc2ccc3cc(F)ccc3c2)C1. The van der Waals surface area contributed by atoms with Crippen LogP contribution in [0, 0.1) is 5.82 Å². The van der Waals surface area contributed by atoms with E-state index >= 15 is 0 Å². The fourth-order valence-corrected chi connectivity index (χ4v) is 4.04. The average Bonchev–Trinajstić information content (AvgIpc) is 3.09. The zero-order valence-corrected chi connectivity index (χ0v) is 15.5. The number of piperidine rings is 1. The van der Waals surface area contributed by atoms with Gasteiger partial charge in [0.1, 0.15) is 5.82 Å². The Labute approximate surface area is 159 Å². The Morgan fingerprint density at radius 2 is 1.96 bits per heavy atom. The van der Waals surface area contributed by atoms with E-state index in [-0.39, 0.29) is 17.8 Å². The van der Waals surface area contributed by atoms with Crippen molar-refractivity contribution < 1.29 is 9.18 Å². The molecule has 2 aliphatic heterocycles. The molecule has 0 unspecified atom stereocenters. The van der Waals surface area contributed by atoms with Crippen LogP contribution in [0.3, 0.4) is 0 Å². The zero-order valence-electron chi connectivity index (χ0n) is 15.5. The highest BCUT2D eigenvalue weighted by molar-refractivity contribution is 5.88. The second-order valence-corrected chi connectivity index (χ2v) is 7.61. The number of fused-ring (bicyclic) bond motifs is 1. The Kier molecular flexibility index (Phi) is 5.50. The largest absolute Gasteiger partial charge is 0.348 e. The Balaban J connectivity index is 1.31. The first-order chi connectivity index (χ1) is 13.2. The summed E-state index contributed by atoms with van der Waals surface area (Å²) < 4.78 is 13.3. The van der Waals surface area contributed by atoms with Crippen molar-refractivity contribution in [1.82, 2.24) is 15.5 Å². The van der Waals surface area contributed by atoms with Crippen molar-refractivity contribution in [3.8, 4) is 0 Å². The summed E-state index contributed by atoms with van der Waals surface area (Å²) >= 11 is 0. The maximum absolute atomic E-state index is 13.3. The van der Waals surface area contributed by atoms with Gasteiger partial charge in [0.2, 0.25) is 5.91 Å². The highest BCUT2D eigenvalue weighted by atomic mass is 19.1. The van der Waals surface area contributed by atoms with Crippen molar-refractivity contribution in [3.63, 3.8) is 0 Å². The third kappa shape index (κ3) is 4.73. The zero-order chi connectivity index (χ0) is 18.6. The molecule has 0 saturated carbocycles. The van der Waals surface area contributed by atoms with Crippen LogP contribution in [0.5, 0.6) is 0 Å². The summed E-state index contributed by atoms with van der Waals surface area (Å²) in [5, 5.41) is 8.45. The Morgan fingerprint density at radius 1 is 1.19 bits per heavy atom. The molecule has 0 aromatic heterocycles. The molecule has 2 saturated heterocycles. The fraction of sp³-hybridized carbons (Fsp3) is 0.409. The lowest BCUT2D eigenvalue weighted by atomic mass is 10.1. The van der Waals surface area contributed by atoms with Crippen LogP contribution in [-0.4, -0.2) is 43.0 Å². The highest BCUT2D eigenvalue weighted by Gasteiger charge is 2.23. The normalized spacial score (nSPS) is 20.8. The minimum atomic E-state index is -0.201. The standard InChI is InChI=1S/C22H26FN3O/c23-20-4-3-18-11-17(1-2-19(18)13-20)14-26-10-7-21(15-26)25-22(27)12-16-5-8-24-9-6-16/h1-4,11-13,21,24H,5-10,14-15H2,(H,25,27)/t21-/m1/s1. The van der Waals surface area contributed by atoms with Crippen molar-refractivity contribution >= 4 is 16.7 Å². The van der Waals surface area contributed by atoms with E-state index in [2.05, 4.69) is 27.7 Å². The maximum Gasteiger partial charge on any atom is 0.244 e. The van der Waals surface area contributed by atoms with Gasteiger partial charge < -0.3 is 10.6 Å². The van der Waals surface area contributed by atoms with E-state index in [1.165, 1.54) is 17.2 Å². The summed E-state index contributed by atoms with van der Waals surface area (Å²) in [7, 11) is 0. The number of carbonyl (C=O) groups excluding carboxylic acids is 1. The van der Waals surface area contributed by atoms with Gasteiger partial charge in [-0.1, -0.05) is 23.8 Å². The summed E-state index contributed by atoms with van der Waals surface area (Å²) in [6.45, 7) is 4.64. The monoisotopic (exact) mass is 367 g/mol. The quantitative estimate of drug-likeness (QED) is 0.817. The molecular formula is C22H26FN3O. The molecule has 142 valence electrons. The van der Waals surface area contributed by atoms with Crippen LogP contribution in [0.25, 0.3) is 10.8 Å². The molecule has 0 aliphatic carbocycles. The molecule has 0 bridgehead atoms. The predicted molar refractivity (Wildman–Crippen MR) is 106 cm³/mol. The average molecular weight is 367 g/mol. The summed E-state index contributed by atoms with van der Waals surface area (Å²) in [5.74, 6) is -0.153. The molecule has 0 spiro atoms. The number of halogens is 1. The van der Waals surface area contributed by atoms with Gasteiger partial charge in [-0.3, -0.25) is 9.69 Å². The second kappa shape index (κ2) is 8.19. The van der Waals surface area contributed by atoms with E-state index in [1.807, 2.05) is 12.1 Å². The van der Waals surface area contributed by atoms with Crippen LogP contribution in [0.2, 0.25) is 0 Å². The van der Waals surface area contributed by atoms with E-state index in [1.54, 1.807) is 12.1 Å². The molecule has 2 N–H and O–H groups in total. The van der Waals surface area contributed by atoms with E-state index in [9.17, 15) is 9.18 Å². The third-order valence-corrected chi connectivity index (χ3v) is 5.47. The van der Waals surface area contributed by atoms with Gasteiger partial charge in [-0.15, -0.1) is 0 Å². The van der Waals surface area contributed by atoms with Crippen LogP contribution in [0.1, 0.15) is 24.8 Å². The molecule has 2 fully saturated rings. The van der Waals surface area contributed by atoms with E-state index in [0.29, 0.717) is 0 Å². The minimum Gasteiger partial charge on any atom is -0.348 e. The Bertz CT molecular complexity index is 856. The number of hydrogen-bond donors (Lipinski definition) is 2. The molecule has 1 atom stereocenters. The minimum absolute atomic E-state index is 0.0477. The van der Waals surface area contributed by atoms with Crippen molar-refractivity contribution in [3.05, 3.63) is 59.4 Å². The van der Waals surface area contributed by atoms with Gasteiger partial charge in [-0.05, 0) is 66.9 Å². The number of hydrogen-bond acceptors (Lipinski definition) is 3. The van der Waals surface area contributed by atoms with Gasteiger partial charge in [0.25, 0.3) is 0 Å². The number of carbonyl (C=O) groups is 1. The second-order valence-electron chi connectivity index (χ2n) is 7.61. The van der Waals surface area contributed by atoms with Crippen molar-refractivity contribution in [2.24, 2.45) is 0 Å². The molecule has 0 radical (unpaired) electrons. The first-order valence-electron chi connectivity index (χ1n) is 9.77. The first kappa shape index (κ1) is 18.1. The smallest absolute Gasteiger partial charge is 0.244 e. The lowest BCUT2D eigenvalue weighted by Crippen LogP contribution is -2.36. The van der Waals surface area contributed by atoms with E-state index in [0.717, 1.165) is 62.8 Å². The number of rotatable bonds is 4. The maximum atomic E-state index is 13.3. The van der Waals surface area contributed by atoms with Crippen molar-refractivity contribution in [2.45, 2.75) is 31.8 Å². The van der Waals surface area contributed by atoms with Gasteiger partial charge in [0.05, 0.1) is 0 Å². The van der Waals surface area contributed by atoms with Crippen LogP contribution in [0.4, 0.5) is 4.39 Å². The molecular weight excluding hydrogens is 341 g/mol. The van der Waals surface area contributed by atoms with Gasteiger partial charge >= 0.3 is 0 Å². The van der Waals surface area contributed by atoms with Crippen molar-refractivity contribution in [1.29, 1.82) is 0 Å². The number of benzene rings is 2. The Morgan fingerprint density at radius 3 is 2.81 bits per heavy atom. The molecule has 27 heavy (non-hydrogen) atoms. The fourth-order valence-electron chi connectivity index (χ4n) is 4.04. The van der Waals surface area contributed by atoms with Crippen LogP contribution in [0.15, 0.2) is 48.0 Å². The molecule has 2 aliphatic rings. The lowest BCUT2D eigenvalue weighted by molar-refractivity contribution is -0.117. The number of amides is 1. The third-order valence-electron chi connectivity index (χ3n) is 5.47. The van der Waals surface area contributed by atoms with E-state index < -0.39 is 0 Å². The molecule has 4 nitrogen and oxygen atoms in total. The number of likely N-dealkylation sites (tertiary alicyclic amines) is 1. The van der Waals surface area contributed by atoms with Crippen molar-refractivity contribution in [2.75, 3.05) is 26.2 Å². The molecule has 5 heteroatoms. The van der Waals surface area contributed by atoms with Gasteiger partial charge in [0, 0.05) is 31.8 Å². The van der Waals surface area contributed by atoms with Crippen LogP contribution < -0.4 is 10.6 Å². The first-order valence-corrected chi connectivity index (χ1v) is 9.77. The predicted octanol–water partition coefficient (Wildman–Crippen LogP) is 2.98. The molecule has 1 amide bonds. The summed E-state index contributed by atoms with van der Waals surface area (Å²) in [5.41, 5.74) is 2.46. The van der Waals surface area contributed by atoms with E-state index in [4.69, 9.17) is 0 Å². The lowest BCUT2D eigenvalue weighted by Gasteiger charge is -2.18. The van der Waals surface area contributed by atoms with Crippen LogP contribution >= 0.6 is 0 Å². The molecule has 4 rings (SSSR count). The molecule has 2 heterocycles. The summed E-state index contributed by atoms with van der Waals surface area (Å²) in [6, 6.07) is 11.3. The van der Waals surface area contributed by atoms with Gasteiger partial charge in [-0.2, -0.15) is 0 Å². The Hall–Kier alpha value is -2.24. The molecule has 2 aromatic rings. The van der Waals surface area contributed by atoms with Gasteiger partial charge in [0.15, 0.2) is 0 Å². The number of nitrogens with one attached hydrogen (secondary N) is 2. The topological polar surface area (TPSA) is 44.4 Å².